The third-order valence-corrected chi connectivity index (χ3v) is 2.45. The number of unbranched alkanes of at least 4 members (excludes halogenated alkanes) is 1. The molecule has 148 valence electrons. The summed E-state index contributed by atoms with van der Waals surface area (Å²) in [5.74, 6) is -4.10. The molecule has 0 aromatic heterocycles. The summed E-state index contributed by atoms with van der Waals surface area (Å²) < 4.78 is 0. The largest absolute Gasteiger partial charge is 0.481 e. The summed E-state index contributed by atoms with van der Waals surface area (Å²) in [4.78, 5) is 39.3. The zero-order chi connectivity index (χ0) is 20.4. The van der Waals surface area contributed by atoms with Crippen molar-refractivity contribution >= 4 is 23.9 Å². The predicted octanol–water partition coefficient (Wildman–Crippen LogP) is -2.18. The van der Waals surface area contributed by atoms with Crippen molar-refractivity contribution in [3.63, 3.8) is 0 Å². The first-order valence-corrected chi connectivity index (χ1v) is 7.30. The molecule has 0 saturated heterocycles. The van der Waals surface area contributed by atoms with Crippen LogP contribution in [-0.4, -0.2) is 69.5 Å². The van der Waals surface area contributed by atoms with Gasteiger partial charge in [-0.3, -0.25) is 19.2 Å². The Morgan fingerprint density at radius 2 is 1.12 bits per heavy atom. The molecule has 0 spiro atoms. The van der Waals surface area contributed by atoms with Crippen molar-refractivity contribution in [1.29, 1.82) is 0 Å². The summed E-state index contributed by atoms with van der Waals surface area (Å²) in [6.07, 6.45) is 1.94. The number of hydrogen-bond donors (Lipinski definition) is 8. The van der Waals surface area contributed by atoms with Crippen LogP contribution in [0, 0.1) is 0 Å². The normalized spacial score (nSPS) is 11.7. The molecule has 0 fully saturated rings. The highest BCUT2D eigenvalue weighted by Crippen LogP contribution is 1.97. The highest BCUT2D eigenvalue weighted by Gasteiger charge is 2.12. The van der Waals surface area contributed by atoms with E-state index in [1.807, 2.05) is 0 Å². The molecule has 0 radical (unpaired) electrons. The molecule has 12 heteroatoms. The van der Waals surface area contributed by atoms with Crippen LogP contribution in [0.1, 0.15) is 32.1 Å². The molecule has 0 saturated carbocycles. The second kappa shape index (κ2) is 18.1. The number of hydrogen-bond acceptors (Lipinski definition) is 8. The molecule has 2 atom stereocenters. The van der Waals surface area contributed by atoms with Gasteiger partial charge in [0.05, 0.1) is 6.54 Å². The van der Waals surface area contributed by atoms with Gasteiger partial charge in [0, 0.05) is 6.42 Å². The fraction of sp³-hybridized carbons (Fsp3) is 0.692. The predicted molar refractivity (Wildman–Crippen MR) is 87.7 cm³/mol. The summed E-state index contributed by atoms with van der Waals surface area (Å²) in [5.41, 5.74) is 20.0. The Labute approximate surface area is 144 Å². The van der Waals surface area contributed by atoms with Gasteiger partial charge in [-0.05, 0) is 25.8 Å². The minimum absolute atomic E-state index is 0.0231. The lowest BCUT2D eigenvalue weighted by Crippen LogP contribution is -2.30. The van der Waals surface area contributed by atoms with Crippen LogP contribution >= 0.6 is 0 Å². The summed E-state index contributed by atoms with van der Waals surface area (Å²) in [7, 11) is 0. The molecule has 0 amide bonds. The van der Waals surface area contributed by atoms with Crippen LogP contribution < -0.4 is 22.9 Å². The molecule has 0 aromatic rings. The highest BCUT2D eigenvalue weighted by atomic mass is 16.4. The second-order valence-electron chi connectivity index (χ2n) is 4.70. The SMILES string of the molecule is NC(CCC(=O)O)C(=O)O.NCC(=O)O.NCCCCC(N)C(=O)O. The Balaban J connectivity index is -0.000000308. The zero-order valence-corrected chi connectivity index (χ0v) is 13.8. The molecule has 0 bridgehead atoms. The molecule has 2 unspecified atom stereocenters. The van der Waals surface area contributed by atoms with Gasteiger partial charge in [-0.15, -0.1) is 0 Å². The Kier molecular flexibility index (Phi) is 19.9. The third-order valence-electron chi connectivity index (χ3n) is 2.45. The molecule has 25 heavy (non-hydrogen) atoms. The summed E-state index contributed by atoms with van der Waals surface area (Å²) in [6, 6.07) is -1.78. The van der Waals surface area contributed by atoms with Gasteiger partial charge in [-0.2, -0.15) is 0 Å². The fourth-order valence-corrected chi connectivity index (χ4v) is 1.03. The van der Waals surface area contributed by atoms with E-state index in [-0.39, 0.29) is 19.4 Å². The lowest BCUT2D eigenvalue weighted by atomic mass is 10.1. The van der Waals surface area contributed by atoms with E-state index in [0.717, 1.165) is 12.8 Å². The van der Waals surface area contributed by atoms with E-state index in [9.17, 15) is 19.2 Å². The molecule has 12 nitrogen and oxygen atoms in total. The van der Waals surface area contributed by atoms with Crippen LogP contribution in [0.2, 0.25) is 0 Å². The topological polar surface area (TPSA) is 253 Å². The number of aliphatic carboxylic acids is 4. The van der Waals surface area contributed by atoms with Crippen molar-refractivity contribution in [3.8, 4) is 0 Å². The van der Waals surface area contributed by atoms with Crippen LogP contribution in [0.15, 0.2) is 0 Å². The molecule has 0 rings (SSSR count). The second-order valence-corrected chi connectivity index (χ2v) is 4.70. The van der Waals surface area contributed by atoms with Crippen molar-refractivity contribution in [2.75, 3.05) is 13.1 Å². The van der Waals surface area contributed by atoms with Gasteiger partial charge in [0.25, 0.3) is 0 Å². The molecule has 12 N–H and O–H groups in total. The average Bonchev–Trinajstić information content (AvgIpc) is 2.53. The van der Waals surface area contributed by atoms with Crippen molar-refractivity contribution in [2.45, 2.75) is 44.2 Å². The van der Waals surface area contributed by atoms with Gasteiger partial charge in [-0.25, -0.2) is 0 Å². The number of rotatable bonds is 10. The zero-order valence-electron chi connectivity index (χ0n) is 13.8. The maximum atomic E-state index is 10.1. The molecule has 0 aromatic carbocycles. The van der Waals surface area contributed by atoms with Crippen LogP contribution in [-0.2, 0) is 19.2 Å². The maximum Gasteiger partial charge on any atom is 0.320 e. The lowest BCUT2D eigenvalue weighted by Gasteiger charge is -2.03. The van der Waals surface area contributed by atoms with Crippen LogP contribution in [0.3, 0.4) is 0 Å². The molecule has 0 aliphatic heterocycles. The van der Waals surface area contributed by atoms with E-state index in [1.54, 1.807) is 0 Å². The number of carboxylic acids is 4. The summed E-state index contributed by atoms with van der Waals surface area (Å²) in [6.45, 7) is 0.326. The van der Waals surface area contributed by atoms with E-state index in [4.69, 9.17) is 37.6 Å². The average molecular weight is 368 g/mol. The van der Waals surface area contributed by atoms with E-state index >= 15 is 0 Å². The van der Waals surface area contributed by atoms with E-state index < -0.39 is 36.0 Å². The monoisotopic (exact) mass is 368 g/mol. The van der Waals surface area contributed by atoms with Crippen LogP contribution in [0.4, 0.5) is 0 Å². The van der Waals surface area contributed by atoms with Crippen molar-refractivity contribution in [3.05, 3.63) is 0 Å². The smallest absolute Gasteiger partial charge is 0.320 e. The van der Waals surface area contributed by atoms with E-state index in [1.165, 1.54) is 0 Å². The minimum atomic E-state index is -1.17. The Morgan fingerprint density at radius 3 is 1.40 bits per heavy atom. The molecular formula is C13H28N4O8. The van der Waals surface area contributed by atoms with Crippen LogP contribution in [0.25, 0.3) is 0 Å². The molecule has 0 aliphatic carbocycles. The van der Waals surface area contributed by atoms with Gasteiger partial charge in [-0.1, -0.05) is 6.42 Å². The number of carboxylic acid groups (broad SMARTS) is 4. The van der Waals surface area contributed by atoms with Gasteiger partial charge in [0.1, 0.15) is 12.1 Å². The third kappa shape index (κ3) is 26.9. The fourth-order valence-electron chi connectivity index (χ4n) is 1.03. The first-order chi connectivity index (χ1) is 11.5. The van der Waals surface area contributed by atoms with Crippen LogP contribution in [0.5, 0.6) is 0 Å². The quantitative estimate of drug-likeness (QED) is 0.191. The Bertz CT molecular complexity index is 405. The summed E-state index contributed by atoms with van der Waals surface area (Å²) in [5, 5.41) is 32.2. The lowest BCUT2D eigenvalue weighted by molar-refractivity contribution is -0.140. The molecule has 0 aliphatic rings. The van der Waals surface area contributed by atoms with Gasteiger partial charge in [0.2, 0.25) is 0 Å². The van der Waals surface area contributed by atoms with Gasteiger partial charge >= 0.3 is 23.9 Å². The van der Waals surface area contributed by atoms with Gasteiger partial charge < -0.3 is 43.4 Å². The van der Waals surface area contributed by atoms with Crippen molar-refractivity contribution < 1.29 is 39.6 Å². The first-order valence-electron chi connectivity index (χ1n) is 7.30. The number of carbonyl (C=O) groups is 4. The van der Waals surface area contributed by atoms with E-state index in [0.29, 0.717) is 13.0 Å². The molecular weight excluding hydrogens is 340 g/mol. The van der Waals surface area contributed by atoms with E-state index in [2.05, 4.69) is 5.73 Å². The number of nitrogens with two attached hydrogens (primary N) is 4. The Hall–Kier alpha value is -2.28. The van der Waals surface area contributed by atoms with Crippen molar-refractivity contribution in [2.24, 2.45) is 22.9 Å². The first kappa shape index (κ1) is 27.6. The Morgan fingerprint density at radius 1 is 0.720 bits per heavy atom. The molecule has 0 heterocycles. The highest BCUT2D eigenvalue weighted by molar-refractivity contribution is 5.74. The minimum Gasteiger partial charge on any atom is -0.481 e. The standard InChI is InChI=1S/C6H14N2O2.C5H9NO4.C2H5NO2/c7-4-2-1-3-5(8)6(9)10;6-3(5(9)10)1-2-4(7)8;3-1-2(4)5/h5H,1-4,7-8H2,(H,9,10);3H,1-2,6H2,(H,7,8)(H,9,10);1,3H2,(H,4,5). The van der Waals surface area contributed by atoms with Crippen molar-refractivity contribution in [1.82, 2.24) is 0 Å². The van der Waals surface area contributed by atoms with Gasteiger partial charge in [0.15, 0.2) is 0 Å². The summed E-state index contributed by atoms with van der Waals surface area (Å²) >= 11 is 0. The maximum absolute atomic E-state index is 10.1.